The van der Waals surface area contributed by atoms with Crippen LogP contribution in [0.1, 0.15) is 77.0 Å². The summed E-state index contributed by atoms with van der Waals surface area (Å²) >= 11 is 0. The zero-order valence-corrected chi connectivity index (χ0v) is 17.9. The molecule has 2 bridgehead atoms. The van der Waals surface area contributed by atoms with Gasteiger partial charge in [0.05, 0.1) is 0 Å². The van der Waals surface area contributed by atoms with Crippen molar-refractivity contribution in [1.29, 1.82) is 0 Å². The van der Waals surface area contributed by atoms with Gasteiger partial charge in [0, 0.05) is 29.6 Å². The Morgan fingerprint density at radius 3 is 2.34 bits per heavy atom. The van der Waals surface area contributed by atoms with Gasteiger partial charge in [0.15, 0.2) is 5.82 Å². The lowest BCUT2D eigenvalue weighted by Gasteiger charge is -2.46. The molecule has 160 valence electrons. The smallest absolute Gasteiger partial charge is 0.324 e. The number of rotatable bonds is 5. The fourth-order valence-electron chi connectivity index (χ4n) is 6.21. The number of likely N-dealkylation sites (tertiary alicyclic amines) is 1. The number of carbonyl (C=O) groups is 1. The lowest BCUT2D eigenvalue weighted by Crippen LogP contribution is -2.56. The Morgan fingerprint density at radius 1 is 1.14 bits per heavy atom. The summed E-state index contributed by atoms with van der Waals surface area (Å²) in [4.78, 5) is 22.3. The van der Waals surface area contributed by atoms with Crippen LogP contribution in [0.15, 0.2) is 4.52 Å². The van der Waals surface area contributed by atoms with Crippen molar-refractivity contribution in [2.24, 2.45) is 5.92 Å². The molecule has 1 aromatic rings. The van der Waals surface area contributed by atoms with Crippen LogP contribution in [0.5, 0.6) is 0 Å². The molecule has 1 aliphatic carbocycles. The standard InChI is InChI=1S/C22H35N5O2/c1-3-22(9-4-10-22)24-20(28)16-7-11-26(12-8-16)19-13-17-5-6-18(14-19)27(17)21-23-15(2)25-29-21/h16-19H,3-14H2,1-2H3,(H,24,28). The van der Waals surface area contributed by atoms with Gasteiger partial charge in [-0.1, -0.05) is 12.1 Å². The van der Waals surface area contributed by atoms with E-state index in [0.717, 1.165) is 45.2 Å². The highest BCUT2D eigenvalue weighted by Crippen LogP contribution is 2.41. The van der Waals surface area contributed by atoms with Crippen molar-refractivity contribution in [2.75, 3.05) is 18.0 Å². The van der Waals surface area contributed by atoms with Gasteiger partial charge in [-0.25, -0.2) is 0 Å². The van der Waals surface area contributed by atoms with E-state index >= 15 is 0 Å². The average Bonchev–Trinajstić information content (AvgIpc) is 3.24. The maximum Gasteiger partial charge on any atom is 0.324 e. The van der Waals surface area contributed by atoms with Crippen LogP contribution in [-0.2, 0) is 4.79 Å². The number of amides is 1. The third-order valence-corrected chi connectivity index (χ3v) is 8.24. The van der Waals surface area contributed by atoms with Crippen molar-refractivity contribution < 1.29 is 9.32 Å². The molecule has 7 nitrogen and oxygen atoms in total. The van der Waals surface area contributed by atoms with Crippen LogP contribution in [0.2, 0.25) is 0 Å². The van der Waals surface area contributed by atoms with Gasteiger partial charge in [-0.3, -0.25) is 4.79 Å². The second kappa shape index (κ2) is 7.56. The van der Waals surface area contributed by atoms with Crippen molar-refractivity contribution >= 4 is 11.9 Å². The number of carbonyl (C=O) groups excluding carboxylic acids is 1. The minimum atomic E-state index is 0.118. The molecule has 4 heterocycles. The Hall–Kier alpha value is -1.63. The number of aromatic nitrogens is 2. The fraction of sp³-hybridized carbons (Fsp3) is 0.864. The Balaban J connectivity index is 1.15. The zero-order chi connectivity index (χ0) is 20.0. The summed E-state index contributed by atoms with van der Waals surface area (Å²) < 4.78 is 5.48. The quantitative estimate of drug-likeness (QED) is 0.817. The van der Waals surface area contributed by atoms with Crippen LogP contribution in [0.25, 0.3) is 0 Å². The second-order valence-corrected chi connectivity index (χ2v) is 9.83. The molecule has 4 aliphatic rings. The van der Waals surface area contributed by atoms with Crippen molar-refractivity contribution in [3.8, 4) is 0 Å². The van der Waals surface area contributed by atoms with Crippen LogP contribution in [0.3, 0.4) is 0 Å². The van der Waals surface area contributed by atoms with Gasteiger partial charge in [-0.05, 0) is 84.2 Å². The molecule has 5 rings (SSSR count). The predicted octanol–water partition coefficient (Wildman–Crippen LogP) is 3.04. The van der Waals surface area contributed by atoms with E-state index in [9.17, 15) is 4.79 Å². The SMILES string of the molecule is CCC1(NC(=O)C2CCN(C3CC4CCC(C3)N4c3nc(C)no3)CC2)CCC1. The Kier molecular flexibility index (Phi) is 5.04. The molecule has 4 fully saturated rings. The summed E-state index contributed by atoms with van der Waals surface area (Å²) in [5.41, 5.74) is 0.118. The van der Waals surface area contributed by atoms with Gasteiger partial charge in [0.25, 0.3) is 0 Å². The molecule has 1 N–H and O–H groups in total. The summed E-state index contributed by atoms with van der Waals surface area (Å²) in [6.07, 6.45) is 11.5. The Labute approximate surface area is 173 Å². The summed E-state index contributed by atoms with van der Waals surface area (Å²) in [7, 11) is 0. The Morgan fingerprint density at radius 2 is 1.83 bits per heavy atom. The molecule has 29 heavy (non-hydrogen) atoms. The predicted molar refractivity (Wildman–Crippen MR) is 111 cm³/mol. The van der Waals surface area contributed by atoms with Gasteiger partial charge >= 0.3 is 6.01 Å². The summed E-state index contributed by atoms with van der Waals surface area (Å²) in [5, 5.41) is 7.39. The average molecular weight is 402 g/mol. The van der Waals surface area contributed by atoms with Crippen molar-refractivity contribution in [2.45, 2.75) is 102 Å². The highest BCUT2D eigenvalue weighted by atomic mass is 16.5. The van der Waals surface area contributed by atoms with E-state index in [1.54, 1.807) is 0 Å². The Bertz CT molecular complexity index is 718. The molecule has 1 aromatic heterocycles. The molecule has 0 aromatic carbocycles. The van der Waals surface area contributed by atoms with E-state index in [1.165, 1.54) is 32.1 Å². The summed E-state index contributed by atoms with van der Waals surface area (Å²) in [6.45, 7) is 6.20. The van der Waals surface area contributed by atoms with Gasteiger partial charge in [0.2, 0.25) is 5.91 Å². The first kappa shape index (κ1) is 19.3. The first-order chi connectivity index (χ1) is 14.1. The van der Waals surface area contributed by atoms with Gasteiger partial charge in [-0.15, -0.1) is 0 Å². The summed E-state index contributed by atoms with van der Waals surface area (Å²) in [5.74, 6) is 1.23. The third-order valence-electron chi connectivity index (χ3n) is 8.24. The number of hydrogen-bond donors (Lipinski definition) is 1. The lowest BCUT2D eigenvalue weighted by molar-refractivity contribution is -0.130. The maximum absolute atomic E-state index is 12.8. The molecular formula is C22H35N5O2. The van der Waals surface area contributed by atoms with E-state index in [2.05, 4.69) is 32.2 Å². The molecule has 2 unspecified atom stereocenters. The molecule has 2 atom stereocenters. The first-order valence-corrected chi connectivity index (χ1v) is 11.7. The van der Waals surface area contributed by atoms with Crippen LogP contribution >= 0.6 is 0 Å². The van der Waals surface area contributed by atoms with Crippen LogP contribution in [0.4, 0.5) is 6.01 Å². The second-order valence-electron chi connectivity index (χ2n) is 9.83. The van der Waals surface area contributed by atoms with Crippen LogP contribution < -0.4 is 10.2 Å². The number of nitrogens with zero attached hydrogens (tertiary/aromatic N) is 4. The third kappa shape index (κ3) is 3.56. The maximum atomic E-state index is 12.8. The number of fused-ring (bicyclic) bond motifs is 2. The summed E-state index contributed by atoms with van der Waals surface area (Å²) in [6, 6.07) is 2.38. The van der Waals surface area contributed by atoms with E-state index in [-0.39, 0.29) is 11.5 Å². The molecular weight excluding hydrogens is 366 g/mol. The molecule has 3 aliphatic heterocycles. The van der Waals surface area contributed by atoms with E-state index in [4.69, 9.17) is 4.52 Å². The van der Waals surface area contributed by atoms with Gasteiger partial charge in [0.1, 0.15) is 0 Å². The van der Waals surface area contributed by atoms with Gasteiger partial charge < -0.3 is 19.6 Å². The van der Waals surface area contributed by atoms with E-state index < -0.39 is 0 Å². The van der Waals surface area contributed by atoms with Gasteiger partial charge in [-0.2, -0.15) is 4.98 Å². The minimum absolute atomic E-state index is 0.118. The first-order valence-electron chi connectivity index (χ1n) is 11.7. The molecule has 0 spiro atoms. The number of hydrogen-bond acceptors (Lipinski definition) is 6. The molecule has 1 saturated carbocycles. The van der Waals surface area contributed by atoms with Crippen molar-refractivity contribution in [3.63, 3.8) is 0 Å². The van der Waals surface area contributed by atoms with Crippen molar-refractivity contribution in [1.82, 2.24) is 20.4 Å². The van der Waals surface area contributed by atoms with E-state index in [0.29, 0.717) is 35.9 Å². The van der Waals surface area contributed by atoms with Crippen LogP contribution in [0, 0.1) is 12.8 Å². The molecule has 3 saturated heterocycles. The van der Waals surface area contributed by atoms with Crippen LogP contribution in [-0.4, -0.2) is 57.7 Å². The molecule has 7 heteroatoms. The zero-order valence-electron chi connectivity index (χ0n) is 17.9. The highest BCUT2D eigenvalue weighted by Gasteiger charge is 2.45. The number of aryl methyl sites for hydroxylation is 1. The van der Waals surface area contributed by atoms with E-state index in [1.807, 2.05) is 6.92 Å². The molecule has 0 radical (unpaired) electrons. The number of piperidine rings is 2. The topological polar surface area (TPSA) is 74.5 Å². The fourth-order valence-corrected chi connectivity index (χ4v) is 6.21. The number of nitrogens with one attached hydrogen (secondary N) is 1. The minimum Gasteiger partial charge on any atom is -0.350 e. The monoisotopic (exact) mass is 401 g/mol. The molecule has 1 amide bonds. The lowest BCUT2D eigenvalue weighted by atomic mass is 9.74. The largest absolute Gasteiger partial charge is 0.350 e. The highest BCUT2D eigenvalue weighted by molar-refractivity contribution is 5.79. The normalized spacial score (nSPS) is 32.2. The van der Waals surface area contributed by atoms with Crippen molar-refractivity contribution in [3.05, 3.63) is 5.82 Å². The number of anilines is 1.